The molecule has 0 saturated heterocycles. The van der Waals surface area contributed by atoms with Crippen molar-refractivity contribution in [1.82, 2.24) is 5.32 Å². The van der Waals surface area contributed by atoms with Crippen LogP contribution in [-0.2, 0) is 9.53 Å². The molecule has 1 aromatic heterocycles. The van der Waals surface area contributed by atoms with Crippen LogP contribution >= 0.6 is 11.8 Å². The first-order chi connectivity index (χ1) is 12.6. The molecule has 0 fully saturated rings. The number of esters is 1. The zero-order valence-electron chi connectivity index (χ0n) is 15.0. The van der Waals surface area contributed by atoms with Crippen molar-refractivity contribution in [2.45, 2.75) is 19.4 Å². The molecular formula is C20H21NO4S. The van der Waals surface area contributed by atoms with Gasteiger partial charge in [-0.25, -0.2) is 4.79 Å². The van der Waals surface area contributed by atoms with Gasteiger partial charge < -0.3 is 14.5 Å². The average Bonchev–Trinajstić information content (AvgIpc) is 3.01. The van der Waals surface area contributed by atoms with Crippen LogP contribution < -0.4 is 5.32 Å². The van der Waals surface area contributed by atoms with Crippen LogP contribution in [0.15, 0.2) is 40.8 Å². The molecule has 1 atom stereocenters. The van der Waals surface area contributed by atoms with Crippen LogP contribution in [0, 0.1) is 6.92 Å². The van der Waals surface area contributed by atoms with Gasteiger partial charge in [-0.3, -0.25) is 4.79 Å². The summed E-state index contributed by atoms with van der Waals surface area (Å²) in [6.07, 6.45) is 2.45. The highest BCUT2D eigenvalue weighted by molar-refractivity contribution is 7.98. The Balaban J connectivity index is 1.96. The number of nitrogens with one attached hydrogen (secondary N) is 1. The van der Waals surface area contributed by atoms with Crippen LogP contribution in [0.3, 0.4) is 0 Å². The molecule has 1 heterocycles. The molecule has 1 amide bonds. The van der Waals surface area contributed by atoms with Gasteiger partial charge in [-0.2, -0.15) is 11.8 Å². The molecule has 26 heavy (non-hydrogen) atoms. The Morgan fingerprint density at radius 3 is 2.69 bits per heavy atom. The quantitative estimate of drug-likeness (QED) is 0.665. The SMILES string of the molecule is COC(=O)[C@@H](CCSC)NC(=O)c1oc2c(ccc3ccccc32)c1C. The van der Waals surface area contributed by atoms with E-state index in [1.165, 1.54) is 7.11 Å². The molecule has 0 bridgehead atoms. The first kappa shape index (κ1) is 18.3. The number of carbonyl (C=O) groups excluding carboxylic acids is 2. The van der Waals surface area contributed by atoms with Gasteiger partial charge in [0.1, 0.15) is 11.6 Å². The second kappa shape index (κ2) is 7.83. The van der Waals surface area contributed by atoms with Gasteiger partial charge in [-0.1, -0.05) is 36.4 Å². The van der Waals surface area contributed by atoms with E-state index >= 15 is 0 Å². The molecule has 5 nitrogen and oxygen atoms in total. The van der Waals surface area contributed by atoms with Gasteiger partial charge in [0.15, 0.2) is 5.76 Å². The molecule has 0 radical (unpaired) electrons. The molecule has 0 unspecified atom stereocenters. The predicted molar refractivity (Wildman–Crippen MR) is 105 cm³/mol. The van der Waals surface area contributed by atoms with Gasteiger partial charge in [-0.05, 0) is 30.7 Å². The molecule has 0 aliphatic carbocycles. The predicted octanol–water partition coefficient (Wildman–Crippen LogP) is 3.92. The number of methoxy groups -OCH3 is 1. The molecule has 6 heteroatoms. The van der Waals surface area contributed by atoms with Crippen LogP contribution in [0.1, 0.15) is 22.5 Å². The monoisotopic (exact) mass is 371 g/mol. The summed E-state index contributed by atoms with van der Waals surface area (Å²) >= 11 is 1.61. The zero-order valence-corrected chi connectivity index (χ0v) is 15.8. The van der Waals surface area contributed by atoms with Crippen molar-refractivity contribution in [2.75, 3.05) is 19.1 Å². The lowest BCUT2D eigenvalue weighted by molar-refractivity contribution is -0.142. The van der Waals surface area contributed by atoms with Crippen LogP contribution in [0.5, 0.6) is 0 Å². The van der Waals surface area contributed by atoms with Crippen molar-refractivity contribution < 1.29 is 18.7 Å². The summed E-state index contributed by atoms with van der Waals surface area (Å²) in [7, 11) is 1.32. The number of amides is 1. The maximum atomic E-state index is 12.7. The van der Waals surface area contributed by atoms with E-state index in [0.717, 1.165) is 27.5 Å². The number of ether oxygens (including phenoxy) is 1. The maximum absolute atomic E-state index is 12.7. The summed E-state index contributed by atoms with van der Waals surface area (Å²) in [5.74, 6) is 0.115. The number of carbonyl (C=O) groups is 2. The fourth-order valence-electron chi connectivity index (χ4n) is 3.02. The van der Waals surface area contributed by atoms with E-state index < -0.39 is 17.9 Å². The number of aryl methyl sites for hydroxylation is 1. The molecular weight excluding hydrogens is 350 g/mol. The summed E-state index contributed by atoms with van der Waals surface area (Å²) in [5, 5.41) is 5.65. The molecule has 2 aromatic carbocycles. The van der Waals surface area contributed by atoms with E-state index in [4.69, 9.17) is 9.15 Å². The van der Waals surface area contributed by atoms with Gasteiger partial charge in [0.25, 0.3) is 5.91 Å². The Hall–Kier alpha value is -2.47. The lowest BCUT2D eigenvalue weighted by atomic mass is 10.1. The Morgan fingerprint density at radius 1 is 1.19 bits per heavy atom. The van der Waals surface area contributed by atoms with E-state index in [9.17, 15) is 9.59 Å². The van der Waals surface area contributed by atoms with Crippen LogP contribution in [0.25, 0.3) is 21.7 Å². The first-order valence-corrected chi connectivity index (χ1v) is 9.74. The fraction of sp³-hybridized carbons (Fsp3) is 0.300. The van der Waals surface area contributed by atoms with Crippen LogP contribution in [0.4, 0.5) is 0 Å². The van der Waals surface area contributed by atoms with Crippen molar-refractivity contribution in [3.05, 3.63) is 47.7 Å². The van der Waals surface area contributed by atoms with Crippen molar-refractivity contribution in [1.29, 1.82) is 0 Å². The van der Waals surface area contributed by atoms with Crippen molar-refractivity contribution >= 4 is 45.4 Å². The molecule has 0 aliphatic heterocycles. The molecule has 1 N–H and O–H groups in total. The minimum Gasteiger partial charge on any atom is -0.467 e. The van der Waals surface area contributed by atoms with E-state index in [1.807, 2.05) is 49.6 Å². The third kappa shape index (κ3) is 3.42. The van der Waals surface area contributed by atoms with Crippen molar-refractivity contribution in [3.8, 4) is 0 Å². The standard InChI is InChI=1S/C20H21NO4S/c1-12-14-9-8-13-6-4-5-7-15(13)18(14)25-17(12)19(22)21-16(10-11-26-3)20(23)24-2/h4-9,16H,10-11H2,1-3H3,(H,21,22)/t16-/m1/s1. The summed E-state index contributed by atoms with van der Waals surface area (Å²) in [4.78, 5) is 24.7. The number of thioether (sulfide) groups is 1. The number of fused-ring (bicyclic) bond motifs is 3. The summed E-state index contributed by atoms with van der Waals surface area (Å²) in [6, 6.07) is 11.2. The molecule has 3 rings (SSSR count). The minimum atomic E-state index is -0.690. The topological polar surface area (TPSA) is 68.5 Å². The molecule has 136 valence electrons. The average molecular weight is 371 g/mol. The lowest BCUT2D eigenvalue weighted by Crippen LogP contribution is -2.42. The Labute approximate surface area is 156 Å². The molecule has 0 aliphatic rings. The summed E-state index contributed by atoms with van der Waals surface area (Å²) < 4.78 is 10.7. The Morgan fingerprint density at radius 2 is 1.96 bits per heavy atom. The van der Waals surface area contributed by atoms with E-state index in [2.05, 4.69) is 5.32 Å². The van der Waals surface area contributed by atoms with E-state index in [1.54, 1.807) is 11.8 Å². The van der Waals surface area contributed by atoms with Gasteiger partial charge in [0.2, 0.25) is 0 Å². The number of furan rings is 1. The van der Waals surface area contributed by atoms with Gasteiger partial charge in [-0.15, -0.1) is 0 Å². The first-order valence-electron chi connectivity index (χ1n) is 8.35. The smallest absolute Gasteiger partial charge is 0.328 e. The van der Waals surface area contributed by atoms with Gasteiger partial charge in [0, 0.05) is 16.3 Å². The zero-order chi connectivity index (χ0) is 18.7. The summed E-state index contributed by atoms with van der Waals surface area (Å²) in [6.45, 7) is 1.85. The number of hydrogen-bond donors (Lipinski definition) is 1. The van der Waals surface area contributed by atoms with E-state index in [0.29, 0.717) is 12.0 Å². The van der Waals surface area contributed by atoms with Gasteiger partial charge >= 0.3 is 5.97 Å². The van der Waals surface area contributed by atoms with E-state index in [-0.39, 0.29) is 5.76 Å². The Bertz CT molecular complexity index is 963. The van der Waals surface area contributed by atoms with Crippen LogP contribution in [0.2, 0.25) is 0 Å². The largest absolute Gasteiger partial charge is 0.467 e. The molecule has 0 saturated carbocycles. The normalized spacial score (nSPS) is 12.3. The second-order valence-electron chi connectivity index (χ2n) is 6.05. The third-order valence-electron chi connectivity index (χ3n) is 4.44. The lowest BCUT2D eigenvalue weighted by Gasteiger charge is -2.15. The molecule has 0 spiro atoms. The molecule has 3 aromatic rings. The Kier molecular flexibility index (Phi) is 5.52. The van der Waals surface area contributed by atoms with Crippen molar-refractivity contribution in [3.63, 3.8) is 0 Å². The highest BCUT2D eigenvalue weighted by Crippen LogP contribution is 2.31. The van der Waals surface area contributed by atoms with Crippen molar-refractivity contribution in [2.24, 2.45) is 0 Å². The van der Waals surface area contributed by atoms with Crippen LogP contribution in [-0.4, -0.2) is 37.0 Å². The van der Waals surface area contributed by atoms with Gasteiger partial charge in [0.05, 0.1) is 7.11 Å². The third-order valence-corrected chi connectivity index (χ3v) is 5.08. The minimum absolute atomic E-state index is 0.231. The number of hydrogen-bond acceptors (Lipinski definition) is 5. The highest BCUT2D eigenvalue weighted by Gasteiger charge is 2.25. The number of benzene rings is 2. The highest BCUT2D eigenvalue weighted by atomic mass is 32.2. The second-order valence-corrected chi connectivity index (χ2v) is 7.04. The number of rotatable bonds is 6. The fourth-order valence-corrected chi connectivity index (χ4v) is 3.49. The summed E-state index contributed by atoms with van der Waals surface area (Å²) in [5.41, 5.74) is 1.45. The maximum Gasteiger partial charge on any atom is 0.328 e.